The Morgan fingerprint density at radius 2 is 1.52 bits per heavy atom. The third kappa shape index (κ3) is 9.43. The van der Waals surface area contributed by atoms with Gasteiger partial charge in [0.05, 0.1) is 0 Å². The molecular formula is C20H28N4O5. The minimum absolute atomic E-state index is 0.133. The first-order valence-electron chi connectivity index (χ1n) is 9.17. The van der Waals surface area contributed by atoms with E-state index in [2.05, 4.69) is 29.1 Å². The average molecular weight is 404 g/mol. The number of hydrogen-bond acceptors (Lipinski definition) is 6. The van der Waals surface area contributed by atoms with Gasteiger partial charge in [-0.15, -0.1) is 0 Å². The van der Waals surface area contributed by atoms with Gasteiger partial charge in [0.15, 0.2) is 11.5 Å². The summed E-state index contributed by atoms with van der Waals surface area (Å²) < 4.78 is 0. The number of amides is 3. The number of carbonyl (C=O) groups excluding carboxylic acids is 3. The minimum Gasteiger partial charge on any atom is -0.504 e. The van der Waals surface area contributed by atoms with E-state index in [4.69, 9.17) is 0 Å². The van der Waals surface area contributed by atoms with E-state index in [-0.39, 0.29) is 48.7 Å². The average Bonchev–Trinajstić information content (AvgIpc) is 2.71. The number of nitrogens with one attached hydrogen (secondary N) is 3. The lowest BCUT2D eigenvalue weighted by atomic mass is 10.2. The first-order chi connectivity index (χ1) is 13.9. The summed E-state index contributed by atoms with van der Waals surface area (Å²) in [5.74, 6) is -1.17. The van der Waals surface area contributed by atoms with Gasteiger partial charge in [0.1, 0.15) is 0 Å². The molecule has 0 aliphatic heterocycles. The Hall–Kier alpha value is -3.33. The smallest absolute Gasteiger partial charge is 0.243 e. The van der Waals surface area contributed by atoms with Gasteiger partial charge in [-0.3, -0.25) is 14.4 Å². The van der Waals surface area contributed by atoms with Crippen LogP contribution in [0.2, 0.25) is 0 Å². The molecule has 0 saturated carbocycles. The number of benzene rings is 1. The van der Waals surface area contributed by atoms with Gasteiger partial charge in [-0.1, -0.05) is 19.2 Å². The third-order valence-electron chi connectivity index (χ3n) is 3.97. The van der Waals surface area contributed by atoms with Gasteiger partial charge in [-0.05, 0) is 29.8 Å². The molecule has 0 aliphatic carbocycles. The van der Waals surface area contributed by atoms with Crippen LogP contribution in [0, 0.1) is 0 Å². The fraction of sp³-hybridized carbons (Fsp3) is 0.350. The van der Waals surface area contributed by atoms with Gasteiger partial charge in [0.2, 0.25) is 17.7 Å². The molecule has 0 spiro atoms. The lowest BCUT2D eigenvalue weighted by Crippen LogP contribution is -2.43. The second-order valence-corrected chi connectivity index (χ2v) is 6.12. The summed E-state index contributed by atoms with van der Waals surface area (Å²) in [4.78, 5) is 36.6. The summed E-state index contributed by atoms with van der Waals surface area (Å²) in [6, 6.07) is 4.51. The molecule has 5 N–H and O–H groups in total. The van der Waals surface area contributed by atoms with Crippen LogP contribution in [-0.4, -0.2) is 65.6 Å². The summed E-state index contributed by atoms with van der Waals surface area (Å²) >= 11 is 0. The highest BCUT2D eigenvalue weighted by Crippen LogP contribution is 2.24. The van der Waals surface area contributed by atoms with Crippen molar-refractivity contribution in [2.75, 3.05) is 32.7 Å². The topological polar surface area (TPSA) is 131 Å². The van der Waals surface area contributed by atoms with E-state index >= 15 is 0 Å². The van der Waals surface area contributed by atoms with Crippen molar-refractivity contribution in [3.05, 3.63) is 49.1 Å². The zero-order chi connectivity index (χ0) is 21.6. The standard InChI is InChI=1S/C20H28N4O5/c1-3-18(27)22-9-11-24(12-10-23-19(28)4-2)20(29)7-8-21-14-15-5-6-16(25)17(26)13-15/h3-6,13,21,25-26H,1-2,7-12,14H2,(H,22,27)(H,23,28). The van der Waals surface area contributed by atoms with Crippen LogP contribution in [0.25, 0.3) is 0 Å². The zero-order valence-electron chi connectivity index (χ0n) is 16.3. The highest BCUT2D eigenvalue weighted by atomic mass is 16.3. The van der Waals surface area contributed by atoms with Gasteiger partial charge >= 0.3 is 0 Å². The zero-order valence-corrected chi connectivity index (χ0v) is 16.3. The van der Waals surface area contributed by atoms with Crippen molar-refractivity contribution in [2.24, 2.45) is 0 Å². The molecule has 0 unspecified atom stereocenters. The maximum Gasteiger partial charge on any atom is 0.243 e. The largest absolute Gasteiger partial charge is 0.504 e. The maximum atomic E-state index is 12.5. The van der Waals surface area contributed by atoms with E-state index in [1.807, 2.05) is 0 Å². The summed E-state index contributed by atoms with van der Waals surface area (Å²) in [7, 11) is 0. The van der Waals surface area contributed by atoms with E-state index in [0.29, 0.717) is 26.2 Å². The summed E-state index contributed by atoms with van der Waals surface area (Å²) in [5.41, 5.74) is 0.767. The lowest BCUT2D eigenvalue weighted by molar-refractivity contribution is -0.131. The minimum atomic E-state index is -0.323. The molecule has 3 amide bonds. The van der Waals surface area contributed by atoms with Crippen LogP contribution in [-0.2, 0) is 20.9 Å². The van der Waals surface area contributed by atoms with E-state index in [9.17, 15) is 24.6 Å². The predicted octanol–water partition coefficient (Wildman–Crippen LogP) is 0.0105. The molecule has 0 bridgehead atoms. The Balaban J connectivity index is 2.46. The third-order valence-corrected chi connectivity index (χ3v) is 3.97. The Morgan fingerprint density at radius 3 is 2.03 bits per heavy atom. The molecule has 9 nitrogen and oxygen atoms in total. The van der Waals surface area contributed by atoms with Gasteiger partial charge in [0, 0.05) is 45.7 Å². The van der Waals surface area contributed by atoms with Crippen LogP contribution in [0.15, 0.2) is 43.5 Å². The van der Waals surface area contributed by atoms with Crippen LogP contribution in [0.4, 0.5) is 0 Å². The van der Waals surface area contributed by atoms with Crippen molar-refractivity contribution in [3.63, 3.8) is 0 Å². The summed E-state index contributed by atoms with van der Waals surface area (Å²) in [5, 5.41) is 27.1. The van der Waals surface area contributed by atoms with Crippen LogP contribution in [0.1, 0.15) is 12.0 Å². The van der Waals surface area contributed by atoms with Gasteiger partial charge < -0.3 is 31.1 Å². The fourth-order valence-corrected chi connectivity index (χ4v) is 2.40. The number of nitrogens with zero attached hydrogens (tertiary/aromatic N) is 1. The summed E-state index contributed by atoms with van der Waals surface area (Å²) in [6.45, 7) is 8.70. The number of hydrogen-bond donors (Lipinski definition) is 5. The molecule has 0 aliphatic rings. The second-order valence-electron chi connectivity index (χ2n) is 6.12. The van der Waals surface area contributed by atoms with Crippen molar-refractivity contribution < 1.29 is 24.6 Å². The van der Waals surface area contributed by atoms with Crippen molar-refractivity contribution in [2.45, 2.75) is 13.0 Å². The predicted molar refractivity (Wildman–Crippen MR) is 109 cm³/mol. The van der Waals surface area contributed by atoms with E-state index in [1.54, 1.807) is 11.0 Å². The lowest BCUT2D eigenvalue weighted by Gasteiger charge is -2.23. The first-order valence-corrected chi connectivity index (χ1v) is 9.17. The number of phenols is 2. The summed E-state index contributed by atoms with van der Waals surface area (Å²) in [6.07, 6.45) is 2.53. The molecule has 1 aromatic carbocycles. The molecular weight excluding hydrogens is 376 g/mol. The van der Waals surface area contributed by atoms with Crippen molar-refractivity contribution >= 4 is 17.7 Å². The van der Waals surface area contributed by atoms with Crippen molar-refractivity contribution in [3.8, 4) is 11.5 Å². The van der Waals surface area contributed by atoms with Crippen LogP contribution < -0.4 is 16.0 Å². The molecule has 0 fully saturated rings. The normalized spacial score (nSPS) is 10.1. The molecule has 1 rings (SSSR count). The Labute approximate surface area is 170 Å². The van der Waals surface area contributed by atoms with Gasteiger partial charge in [-0.25, -0.2) is 0 Å². The SMILES string of the molecule is C=CC(=O)NCCN(CCNC(=O)C=C)C(=O)CCNCc1ccc(O)c(O)c1. The van der Waals surface area contributed by atoms with Crippen molar-refractivity contribution in [1.82, 2.24) is 20.9 Å². The quantitative estimate of drug-likeness (QED) is 0.179. The Kier molecular flexibility index (Phi) is 10.6. The molecule has 9 heteroatoms. The highest BCUT2D eigenvalue weighted by Gasteiger charge is 2.13. The van der Waals surface area contributed by atoms with Crippen LogP contribution in [0.3, 0.4) is 0 Å². The number of phenolic OH excluding ortho intramolecular Hbond substituents is 2. The molecule has 29 heavy (non-hydrogen) atoms. The fourth-order valence-electron chi connectivity index (χ4n) is 2.40. The van der Waals surface area contributed by atoms with Gasteiger partial charge in [0.25, 0.3) is 0 Å². The van der Waals surface area contributed by atoms with Crippen molar-refractivity contribution in [1.29, 1.82) is 0 Å². The van der Waals surface area contributed by atoms with E-state index in [0.717, 1.165) is 17.7 Å². The van der Waals surface area contributed by atoms with E-state index in [1.165, 1.54) is 12.1 Å². The number of rotatable bonds is 13. The molecule has 0 saturated heterocycles. The van der Waals surface area contributed by atoms with Crippen LogP contribution >= 0.6 is 0 Å². The Morgan fingerprint density at radius 1 is 0.931 bits per heavy atom. The highest BCUT2D eigenvalue weighted by molar-refractivity contribution is 5.87. The number of aromatic hydroxyl groups is 2. The van der Waals surface area contributed by atoms with E-state index < -0.39 is 0 Å². The van der Waals surface area contributed by atoms with Crippen LogP contribution in [0.5, 0.6) is 11.5 Å². The molecule has 158 valence electrons. The van der Waals surface area contributed by atoms with Gasteiger partial charge in [-0.2, -0.15) is 0 Å². The second kappa shape index (κ2) is 12.9. The molecule has 0 aromatic heterocycles. The molecule has 1 aromatic rings. The molecule has 0 heterocycles. The number of carbonyl (C=O) groups is 3. The monoisotopic (exact) mass is 404 g/mol. The first kappa shape index (κ1) is 23.7. The molecule has 0 atom stereocenters. The Bertz CT molecular complexity index is 710. The maximum absolute atomic E-state index is 12.5. The molecule has 0 radical (unpaired) electrons.